The quantitative estimate of drug-likeness (QED) is 0.492. The van der Waals surface area contributed by atoms with E-state index in [9.17, 15) is 22.8 Å². The number of benzene rings is 2. The second kappa shape index (κ2) is 8.47. The standard InChI is InChI=1S/C23H21F3N6O2/c24-23(25,26)15-8-2-3-9-16(15)27-19(33)14-31-22(34)32-18-11-5-4-10-17(18)28-20(21(32)29-31)30-12-6-1-7-13-30/h2-5,8-11H,1,6-7,12-14H2,(H,27,33). The van der Waals surface area contributed by atoms with Gasteiger partial charge in [0.1, 0.15) is 6.54 Å². The average molecular weight is 470 g/mol. The Labute approximate surface area is 191 Å². The maximum absolute atomic E-state index is 13.3. The minimum atomic E-state index is -4.63. The molecule has 1 amide bonds. The molecule has 0 aliphatic carbocycles. The topological polar surface area (TPSA) is 84.5 Å². The summed E-state index contributed by atoms with van der Waals surface area (Å²) in [5, 5.41) is 6.63. The lowest BCUT2D eigenvalue weighted by Crippen LogP contribution is -2.31. The van der Waals surface area contributed by atoms with Crippen LogP contribution >= 0.6 is 0 Å². The van der Waals surface area contributed by atoms with E-state index in [1.54, 1.807) is 18.2 Å². The van der Waals surface area contributed by atoms with Crippen molar-refractivity contribution in [2.45, 2.75) is 32.0 Å². The first-order chi connectivity index (χ1) is 16.3. The summed E-state index contributed by atoms with van der Waals surface area (Å²) in [6.07, 6.45) is -1.53. The van der Waals surface area contributed by atoms with Crippen LogP contribution in [0.25, 0.3) is 16.7 Å². The molecule has 2 aromatic carbocycles. The highest BCUT2D eigenvalue weighted by Crippen LogP contribution is 2.34. The Morgan fingerprint density at radius 3 is 2.47 bits per heavy atom. The van der Waals surface area contributed by atoms with Crippen molar-refractivity contribution in [3.8, 4) is 0 Å². The second-order valence-corrected chi connectivity index (χ2v) is 8.16. The molecule has 0 atom stereocenters. The Kier molecular flexibility index (Phi) is 5.46. The summed E-state index contributed by atoms with van der Waals surface area (Å²) in [5.74, 6) is -0.240. The van der Waals surface area contributed by atoms with Gasteiger partial charge in [-0.3, -0.25) is 4.79 Å². The molecule has 34 heavy (non-hydrogen) atoms. The van der Waals surface area contributed by atoms with Crippen LogP contribution in [0.15, 0.2) is 53.3 Å². The van der Waals surface area contributed by atoms with E-state index in [1.807, 2.05) is 6.07 Å². The molecule has 1 aliphatic heterocycles. The van der Waals surface area contributed by atoms with Crippen LogP contribution in [0.4, 0.5) is 24.7 Å². The number of anilines is 2. The maximum Gasteiger partial charge on any atom is 0.418 e. The fraction of sp³-hybridized carbons (Fsp3) is 0.304. The van der Waals surface area contributed by atoms with Gasteiger partial charge in [-0.15, -0.1) is 5.10 Å². The van der Waals surface area contributed by atoms with Crippen LogP contribution in [0.3, 0.4) is 0 Å². The number of fused-ring (bicyclic) bond motifs is 3. The Bertz CT molecular complexity index is 1440. The van der Waals surface area contributed by atoms with Crippen molar-refractivity contribution in [3.63, 3.8) is 0 Å². The van der Waals surface area contributed by atoms with Gasteiger partial charge in [0.25, 0.3) is 0 Å². The molecule has 2 aromatic heterocycles. The molecule has 8 nitrogen and oxygen atoms in total. The summed E-state index contributed by atoms with van der Waals surface area (Å²) in [5.41, 5.74) is -0.440. The molecule has 0 bridgehead atoms. The van der Waals surface area contributed by atoms with Crippen LogP contribution in [0.1, 0.15) is 24.8 Å². The first kappa shape index (κ1) is 21.9. The number of amides is 1. The van der Waals surface area contributed by atoms with Crippen LogP contribution in [0.5, 0.6) is 0 Å². The lowest BCUT2D eigenvalue weighted by molar-refractivity contribution is -0.137. The van der Waals surface area contributed by atoms with Gasteiger partial charge >= 0.3 is 11.9 Å². The monoisotopic (exact) mass is 470 g/mol. The first-order valence-electron chi connectivity index (χ1n) is 10.9. The molecule has 1 aliphatic rings. The van der Waals surface area contributed by atoms with Gasteiger partial charge in [0.15, 0.2) is 5.82 Å². The van der Waals surface area contributed by atoms with Gasteiger partial charge in [0, 0.05) is 13.1 Å². The largest absolute Gasteiger partial charge is 0.418 e. The minimum Gasteiger partial charge on any atom is -0.353 e. The summed E-state index contributed by atoms with van der Waals surface area (Å²) in [4.78, 5) is 32.7. The number of carbonyl (C=O) groups is 1. The van der Waals surface area contributed by atoms with Crippen molar-refractivity contribution >= 4 is 34.1 Å². The van der Waals surface area contributed by atoms with Crippen molar-refractivity contribution in [3.05, 3.63) is 64.6 Å². The highest BCUT2D eigenvalue weighted by atomic mass is 19.4. The van der Waals surface area contributed by atoms with Gasteiger partial charge < -0.3 is 10.2 Å². The van der Waals surface area contributed by atoms with Gasteiger partial charge in [-0.2, -0.15) is 13.2 Å². The number of nitrogens with zero attached hydrogens (tertiary/aromatic N) is 5. The van der Waals surface area contributed by atoms with Gasteiger partial charge in [0.2, 0.25) is 11.6 Å². The van der Waals surface area contributed by atoms with Crippen molar-refractivity contribution in [1.29, 1.82) is 0 Å². The first-order valence-corrected chi connectivity index (χ1v) is 10.9. The van der Waals surface area contributed by atoms with E-state index in [2.05, 4.69) is 15.3 Å². The van der Waals surface area contributed by atoms with E-state index >= 15 is 0 Å². The molecular formula is C23H21F3N6O2. The van der Waals surface area contributed by atoms with E-state index < -0.39 is 29.9 Å². The Morgan fingerprint density at radius 1 is 1.00 bits per heavy atom. The molecule has 0 spiro atoms. The summed E-state index contributed by atoms with van der Waals surface area (Å²) < 4.78 is 42.2. The highest BCUT2D eigenvalue weighted by Gasteiger charge is 2.33. The summed E-state index contributed by atoms with van der Waals surface area (Å²) in [6.45, 7) is 1.01. The van der Waals surface area contributed by atoms with E-state index in [4.69, 9.17) is 4.98 Å². The number of hydrogen-bond acceptors (Lipinski definition) is 5. The molecule has 3 heterocycles. The number of para-hydroxylation sites is 3. The summed E-state index contributed by atoms with van der Waals surface area (Å²) >= 11 is 0. The molecule has 0 saturated carbocycles. The molecule has 0 radical (unpaired) electrons. The molecule has 1 N–H and O–H groups in total. The lowest BCUT2D eigenvalue weighted by atomic mass is 10.1. The van der Waals surface area contributed by atoms with Crippen LogP contribution < -0.4 is 15.9 Å². The SMILES string of the molecule is O=C(Cn1nc2c(N3CCCCC3)nc3ccccc3n2c1=O)Nc1ccccc1C(F)(F)F. The van der Waals surface area contributed by atoms with Crippen LogP contribution in [-0.2, 0) is 17.5 Å². The van der Waals surface area contributed by atoms with Crippen molar-refractivity contribution < 1.29 is 18.0 Å². The third-order valence-corrected chi connectivity index (χ3v) is 5.84. The number of hydrogen-bond donors (Lipinski definition) is 1. The highest BCUT2D eigenvalue weighted by molar-refractivity contribution is 5.91. The third kappa shape index (κ3) is 3.97. The molecule has 5 rings (SSSR count). The zero-order valence-electron chi connectivity index (χ0n) is 18.0. The number of carbonyl (C=O) groups excluding carboxylic acids is 1. The van der Waals surface area contributed by atoms with Gasteiger partial charge in [-0.25, -0.2) is 18.9 Å². The zero-order valence-corrected chi connectivity index (χ0v) is 18.0. The van der Waals surface area contributed by atoms with Crippen LogP contribution in [0.2, 0.25) is 0 Å². The van der Waals surface area contributed by atoms with Gasteiger partial charge in [0.05, 0.1) is 22.3 Å². The minimum absolute atomic E-state index is 0.314. The molecular weight excluding hydrogens is 449 g/mol. The second-order valence-electron chi connectivity index (χ2n) is 8.16. The molecule has 1 saturated heterocycles. The lowest BCUT2D eigenvalue weighted by Gasteiger charge is -2.27. The molecule has 11 heteroatoms. The third-order valence-electron chi connectivity index (χ3n) is 5.84. The zero-order chi connectivity index (χ0) is 23.9. The Balaban J connectivity index is 1.54. The Hall–Kier alpha value is -3.89. The van der Waals surface area contributed by atoms with E-state index in [-0.39, 0.29) is 5.69 Å². The predicted molar refractivity (Wildman–Crippen MR) is 121 cm³/mol. The molecule has 1 fully saturated rings. The number of piperidine rings is 1. The molecule has 176 valence electrons. The number of rotatable bonds is 4. The van der Waals surface area contributed by atoms with E-state index in [0.717, 1.165) is 43.1 Å². The molecule has 0 unspecified atom stereocenters. The average Bonchev–Trinajstić information content (AvgIpc) is 3.14. The summed E-state index contributed by atoms with van der Waals surface area (Å²) in [6, 6.07) is 11.8. The van der Waals surface area contributed by atoms with Crippen molar-refractivity contribution in [1.82, 2.24) is 19.2 Å². The smallest absolute Gasteiger partial charge is 0.353 e. The van der Waals surface area contributed by atoms with E-state index in [1.165, 1.54) is 22.6 Å². The fourth-order valence-electron chi connectivity index (χ4n) is 4.27. The van der Waals surface area contributed by atoms with Crippen LogP contribution in [0, 0.1) is 0 Å². The van der Waals surface area contributed by atoms with Crippen molar-refractivity contribution in [2.75, 3.05) is 23.3 Å². The van der Waals surface area contributed by atoms with Crippen LogP contribution in [-0.4, -0.2) is 38.2 Å². The van der Waals surface area contributed by atoms with Gasteiger partial charge in [-0.1, -0.05) is 24.3 Å². The normalized spacial score (nSPS) is 14.6. The summed E-state index contributed by atoms with van der Waals surface area (Å²) in [7, 11) is 0. The maximum atomic E-state index is 13.3. The number of aromatic nitrogens is 4. The van der Waals surface area contributed by atoms with Gasteiger partial charge in [-0.05, 0) is 43.5 Å². The Morgan fingerprint density at radius 2 is 1.71 bits per heavy atom. The molecule has 4 aromatic rings. The number of nitrogens with one attached hydrogen (secondary N) is 1. The fourth-order valence-corrected chi connectivity index (χ4v) is 4.27. The predicted octanol–water partition coefficient (Wildman–Crippen LogP) is 3.69. The van der Waals surface area contributed by atoms with Crippen molar-refractivity contribution in [2.24, 2.45) is 0 Å². The number of halogens is 3. The van der Waals surface area contributed by atoms with E-state index in [0.29, 0.717) is 22.5 Å². The number of alkyl halides is 3.